The van der Waals surface area contributed by atoms with Gasteiger partial charge in [-0.1, -0.05) is 19.9 Å². The van der Waals surface area contributed by atoms with Crippen molar-refractivity contribution in [2.75, 3.05) is 0 Å². The largest absolute Gasteiger partial charge is 0.481 e. The molecule has 2 aromatic rings. The van der Waals surface area contributed by atoms with Crippen LogP contribution in [0.4, 0.5) is 0 Å². The maximum absolute atomic E-state index is 12.7. The Morgan fingerprint density at radius 2 is 2.22 bits per heavy atom. The third-order valence-electron chi connectivity index (χ3n) is 5.63. The van der Waals surface area contributed by atoms with Crippen molar-refractivity contribution in [3.05, 3.63) is 46.9 Å². The molecule has 1 aliphatic heterocycles. The van der Waals surface area contributed by atoms with Crippen LogP contribution < -0.4 is 0 Å². The highest BCUT2D eigenvalue weighted by atomic mass is 16.4. The van der Waals surface area contributed by atoms with Crippen LogP contribution in [-0.2, 0) is 17.6 Å². The number of allylic oxidation sites excluding steroid dienone is 2. The van der Waals surface area contributed by atoms with Gasteiger partial charge in [0.1, 0.15) is 5.69 Å². The van der Waals surface area contributed by atoms with E-state index in [9.17, 15) is 14.7 Å². The summed E-state index contributed by atoms with van der Waals surface area (Å²) in [7, 11) is 0. The Bertz CT molecular complexity index is 1030. The van der Waals surface area contributed by atoms with E-state index in [0.717, 1.165) is 28.6 Å². The van der Waals surface area contributed by atoms with E-state index in [1.807, 2.05) is 18.5 Å². The topological polar surface area (TPSA) is 92.4 Å². The molecule has 3 heterocycles. The number of rotatable bonds is 4. The Morgan fingerprint density at radius 1 is 1.44 bits per heavy atom. The Labute approximate surface area is 156 Å². The first-order chi connectivity index (χ1) is 12.8. The van der Waals surface area contributed by atoms with Crippen molar-refractivity contribution in [1.29, 1.82) is 0 Å². The minimum atomic E-state index is -1.52. The summed E-state index contributed by atoms with van der Waals surface area (Å²) >= 11 is 0. The molecule has 2 atom stereocenters. The number of aliphatic hydroxyl groups is 1. The molecule has 2 N–H and O–H groups in total. The predicted molar refractivity (Wildman–Crippen MR) is 102 cm³/mol. The molecule has 2 unspecified atom stereocenters. The van der Waals surface area contributed by atoms with Crippen LogP contribution in [0.1, 0.15) is 48.4 Å². The van der Waals surface area contributed by atoms with E-state index in [0.29, 0.717) is 23.6 Å². The maximum atomic E-state index is 12.7. The Balaban J connectivity index is 1.78. The first-order valence-corrected chi connectivity index (χ1v) is 9.22. The van der Waals surface area contributed by atoms with E-state index in [4.69, 9.17) is 5.11 Å². The van der Waals surface area contributed by atoms with E-state index >= 15 is 0 Å². The van der Waals surface area contributed by atoms with E-state index in [1.54, 1.807) is 6.92 Å². The van der Waals surface area contributed by atoms with Crippen molar-refractivity contribution in [3.8, 4) is 0 Å². The zero-order valence-corrected chi connectivity index (χ0v) is 15.4. The number of carbonyl (C=O) groups is 2. The number of hydrogen-bond acceptors (Lipinski definition) is 4. The van der Waals surface area contributed by atoms with Crippen molar-refractivity contribution in [2.24, 2.45) is 5.92 Å². The zero-order chi connectivity index (χ0) is 19.3. The number of nitrogens with zero attached hydrogens (tertiary/aromatic N) is 2. The average Bonchev–Trinajstić information content (AvgIpc) is 2.96. The molecule has 0 aromatic carbocycles. The molecule has 1 aliphatic carbocycles. The number of hydrogen-bond donors (Lipinski definition) is 2. The van der Waals surface area contributed by atoms with Gasteiger partial charge in [0.15, 0.2) is 0 Å². The molecule has 0 spiro atoms. The summed E-state index contributed by atoms with van der Waals surface area (Å²) in [5.74, 6) is -0.941. The number of fused-ring (bicyclic) bond motifs is 4. The molecule has 0 radical (unpaired) electrons. The van der Waals surface area contributed by atoms with E-state index < -0.39 is 18.0 Å². The molecule has 0 bridgehead atoms. The number of carboxylic acid groups (broad SMARTS) is 1. The van der Waals surface area contributed by atoms with Gasteiger partial charge in [0.2, 0.25) is 5.78 Å². The minimum Gasteiger partial charge on any atom is -0.481 e. The lowest BCUT2D eigenvalue weighted by Crippen LogP contribution is -2.36. The molecule has 4 rings (SSSR count). The average molecular weight is 366 g/mol. The van der Waals surface area contributed by atoms with Gasteiger partial charge in [-0.25, -0.2) is 4.98 Å². The number of carboxylic acids is 1. The minimum absolute atomic E-state index is 0.229. The molecule has 0 saturated heterocycles. The fraction of sp³-hybridized carbons (Fsp3) is 0.381. The van der Waals surface area contributed by atoms with Gasteiger partial charge in [-0.15, -0.1) is 0 Å². The summed E-state index contributed by atoms with van der Waals surface area (Å²) in [5, 5.41) is 20.9. The molecular formula is C21H22N2O4. The van der Waals surface area contributed by atoms with Crippen LogP contribution >= 0.6 is 0 Å². The number of carbonyl (C=O) groups excluding carboxylic acids is 1. The number of ketones is 1. The highest BCUT2D eigenvalue weighted by Gasteiger charge is 2.36. The normalized spacial score (nSPS) is 20.8. The summed E-state index contributed by atoms with van der Waals surface area (Å²) in [6.07, 6.45) is 8.56. The number of aliphatic carboxylic acids is 1. The predicted octanol–water partition coefficient (Wildman–Crippen LogP) is 2.98. The lowest BCUT2D eigenvalue weighted by atomic mass is 9.80. The molecular weight excluding hydrogens is 344 g/mol. The Kier molecular flexibility index (Phi) is 4.03. The molecule has 27 heavy (non-hydrogen) atoms. The van der Waals surface area contributed by atoms with Gasteiger partial charge >= 0.3 is 5.97 Å². The first-order valence-electron chi connectivity index (χ1n) is 9.22. The van der Waals surface area contributed by atoms with Crippen molar-refractivity contribution >= 4 is 28.9 Å². The monoisotopic (exact) mass is 366 g/mol. The van der Waals surface area contributed by atoms with Crippen molar-refractivity contribution in [2.45, 2.75) is 45.1 Å². The van der Waals surface area contributed by atoms with Crippen molar-refractivity contribution in [3.63, 3.8) is 0 Å². The van der Waals surface area contributed by atoms with Crippen molar-refractivity contribution in [1.82, 2.24) is 9.55 Å². The SMILES string of the molecule is CCC(O)(CC(=O)O)C1=CC(=O)c2nc3c4n(cc3cc2C1)C=CC(C)C4. The third-order valence-corrected chi connectivity index (χ3v) is 5.63. The fourth-order valence-corrected chi connectivity index (χ4v) is 4.05. The van der Waals surface area contributed by atoms with Gasteiger partial charge in [-0.3, -0.25) is 9.59 Å². The fourth-order valence-electron chi connectivity index (χ4n) is 4.05. The van der Waals surface area contributed by atoms with Crippen LogP contribution in [-0.4, -0.2) is 37.1 Å². The van der Waals surface area contributed by atoms with Crippen LogP contribution in [0.5, 0.6) is 0 Å². The molecule has 0 amide bonds. The Hall–Kier alpha value is -2.73. The van der Waals surface area contributed by atoms with Gasteiger partial charge in [-0.2, -0.15) is 0 Å². The van der Waals surface area contributed by atoms with Crippen LogP contribution in [0.3, 0.4) is 0 Å². The molecule has 6 heteroatoms. The van der Waals surface area contributed by atoms with Gasteiger partial charge in [0, 0.05) is 23.5 Å². The number of pyridine rings is 1. The van der Waals surface area contributed by atoms with Gasteiger partial charge in [-0.05, 0) is 48.5 Å². The quantitative estimate of drug-likeness (QED) is 0.868. The summed E-state index contributed by atoms with van der Waals surface area (Å²) in [4.78, 5) is 28.5. The Morgan fingerprint density at radius 3 is 2.93 bits per heavy atom. The zero-order valence-electron chi connectivity index (χ0n) is 15.4. The summed E-state index contributed by atoms with van der Waals surface area (Å²) < 4.78 is 2.05. The molecule has 0 fully saturated rings. The van der Waals surface area contributed by atoms with Gasteiger partial charge < -0.3 is 14.8 Å². The second-order valence-electron chi connectivity index (χ2n) is 7.61. The highest BCUT2D eigenvalue weighted by Crippen LogP contribution is 2.35. The third kappa shape index (κ3) is 2.90. The van der Waals surface area contributed by atoms with Crippen molar-refractivity contribution < 1.29 is 19.8 Å². The summed E-state index contributed by atoms with van der Waals surface area (Å²) in [6.45, 7) is 3.87. The van der Waals surface area contributed by atoms with E-state index in [-0.39, 0.29) is 12.2 Å². The van der Waals surface area contributed by atoms with E-state index in [1.165, 1.54) is 6.08 Å². The second kappa shape index (κ2) is 6.16. The molecule has 2 aliphatic rings. The smallest absolute Gasteiger partial charge is 0.306 e. The molecule has 6 nitrogen and oxygen atoms in total. The van der Waals surface area contributed by atoms with Gasteiger partial charge in [0.25, 0.3) is 0 Å². The lowest BCUT2D eigenvalue weighted by molar-refractivity contribution is -0.141. The molecule has 140 valence electrons. The highest BCUT2D eigenvalue weighted by molar-refractivity contribution is 6.07. The molecule has 2 aromatic heterocycles. The van der Waals surface area contributed by atoms with Crippen LogP contribution in [0.2, 0.25) is 0 Å². The second-order valence-corrected chi connectivity index (χ2v) is 7.61. The van der Waals surface area contributed by atoms with E-state index in [2.05, 4.69) is 22.6 Å². The lowest BCUT2D eigenvalue weighted by Gasteiger charge is -2.30. The molecule has 0 saturated carbocycles. The van der Waals surface area contributed by atoms with Gasteiger partial charge in [0.05, 0.1) is 17.5 Å². The van der Waals surface area contributed by atoms with Crippen LogP contribution in [0.15, 0.2) is 30.0 Å². The standard InChI is InChI=1S/C21H22N2O4/c1-3-21(27,10-18(25)26)15-8-13-7-14-11-23-5-4-12(2)6-16(23)19(14)22-20(13)17(24)9-15/h4-5,7,9,11-12,27H,3,6,8,10H2,1-2H3,(H,25,26). The summed E-state index contributed by atoms with van der Waals surface area (Å²) in [6, 6.07) is 1.95. The summed E-state index contributed by atoms with van der Waals surface area (Å²) in [5.41, 5.74) is 2.00. The van der Waals surface area contributed by atoms with Crippen LogP contribution in [0.25, 0.3) is 17.1 Å². The maximum Gasteiger partial charge on any atom is 0.306 e. The van der Waals surface area contributed by atoms with Crippen LogP contribution in [0, 0.1) is 5.92 Å². The first kappa shape index (κ1) is 17.7. The number of aromatic nitrogens is 2.